The van der Waals surface area contributed by atoms with E-state index in [-0.39, 0.29) is 18.1 Å². The second kappa shape index (κ2) is 2.97. The smallest absolute Gasteiger partial charge is 0.170 e. The van der Waals surface area contributed by atoms with Crippen molar-refractivity contribution in [2.24, 2.45) is 5.92 Å². The second-order valence-corrected chi connectivity index (χ2v) is 4.13. The Hall–Kier alpha value is -0.590. The van der Waals surface area contributed by atoms with Gasteiger partial charge >= 0.3 is 0 Å². The Morgan fingerprint density at radius 1 is 1.31 bits per heavy atom. The molecule has 2 aliphatic rings. The summed E-state index contributed by atoms with van der Waals surface area (Å²) in [6.45, 7) is 4.05. The van der Waals surface area contributed by atoms with Crippen LogP contribution in [0.25, 0.3) is 0 Å². The minimum Gasteiger partial charge on any atom is -0.344 e. The van der Waals surface area contributed by atoms with Crippen LogP contribution in [0.15, 0.2) is 0 Å². The van der Waals surface area contributed by atoms with Crippen molar-refractivity contribution >= 4 is 0 Å². The average Bonchev–Trinajstić information content (AvgIpc) is 2.59. The van der Waals surface area contributed by atoms with Crippen LogP contribution in [0, 0.1) is 17.2 Å². The predicted molar refractivity (Wildman–Crippen MR) is 46.8 cm³/mol. The summed E-state index contributed by atoms with van der Waals surface area (Å²) in [6.07, 6.45) is 2.86. The minimum absolute atomic E-state index is 0.123. The fourth-order valence-corrected chi connectivity index (χ4v) is 2.19. The van der Waals surface area contributed by atoms with Crippen LogP contribution in [0.5, 0.6) is 0 Å². The summed E-state index contributed by atoms with van der Waals surface area (Å²) in [6, 6.07) is 2.28. The van der Waals surface area contributed by atoms with Crippen LogP contribution < -0.4 is 0 Å². The average molecular weight is 181 g/mol. The Morgan fingerprint density at radius 2 is 1.92 bits per heavy atom. The Morgan fingerprint density at radius 3 is 2.38 bits per heavy atom. The lowest BCUT2D eigenvalue weighted by molar-refractivity contribution is -0.168. The van der Waals surface area contributed by atoms with Gasteiger partial charge in [0.25, 0.3) is 0 Å². The highest BCUT2D eigenvalue weighted by Crippen LogP contribution is 2.44. The number of ether oxygens (including phenoxy) is 2. The van der Waals surface area contributed by atoms with E-state index < -0.39 is 5.79 Å². The molecule has 1 heterocycles. The van der Waals surface area contributed by atoms with Crippen molar-refractivity contribution in [3.05, 3.63) is 0 Å². The van der Waals surface area contributed by atoms with Crippen LogP contribution in [0.1, 0.15) is 33.1 Å². The quantitative estimate of drug-likeness (QED) is 0.572. The third kappa shape index (κ3) is 1.45. The molecule has 2 rings (SSSR count). The van der Waals surface area contributed by atoms with Crippen LogP contribution in [0.2, 0.25) is 0 Å². The third-order valence-electron chi connectivity index (χ3n) is 3.08. The SMILES string of the molecule is C[C@H]1OC2(CC[C@@H](C#N)C2)O[C@@H]1C. The van der Waals surface area contributed by atoms with Gasteiger partial charge in [-0.25, -0.2) is 0 Å². The molecule has 0 amide bonds. The molecule has 72 valence electrons. The number of hydrogen-bond donors (Lipinski definition) is 0. The molecule has 0 aromatic heterocycles. The Balaban J connectivity index is 2.05. The van der Waals surface area contributed by atoms with Crippen molar-refractivity contribution in [1.29, 1.82) is 5.26 Å². The van der Waals surface area contributed by atoms with E-state index in [0.29, 0.717) is 0 Å². The van der Waals surface area contributed by atoms with Crippen molar-refractivity contribution in [3.8, 4) is 6.07 Å². The molecule has 2 fully saturated rings. The topological polar surface area (TPSA) is 42.2 Å². The summed E-state index contributed by atoms with van der Waals surface area (Å²) < 4.78 is 11.6. The van der Waals surface area contributed by atoms with Gasteiger partial charge in [-0.1, -0.05) is 0 Å². The lowest BCUT2D eigenvalue weighted by Gasteiger charge is -2.21. The first-order chi connectivity index (χ1) is 6.15. The van der Waals surface area contributed by atoms with Crippen molar-refractivity contribution < 1.29 is 9.47 Å². The van der Waals surface area contributed by atoms with Gasteiger partial charge in [0.15, 0.2) is 5.79 Å². The van der Waals surface area contributed by atoms with Gasteiger partial charge in [0.1, 0.15) is 0 Å². The fourth-order valence-electron chi connectivity index (χ4n) is 2.19. The molecular formula is C10H15NO2. The molecule has 1 spiro atoms. The highest BCUT2D eigenvalue weighted by Gasteiger charge is 2.49. The molecule has 0 unspecified atom stereocenters. The molecule has 0 aromatic rings. The van der Waals surface area contributed by atoms with Crippen LogP contribution >= 0.6 is 0 Å². The second-order valence-electron chi connectivity index (χ2n) is 4.13. The van der Waals surface area contributed by atoms with Gasteiger partial charge in [0.05, 0.1) is 24.2 Å². The van der Waals surface area contributed by atoms with E-state index >= 15 is 0 Å². The van der Waals surface area contributed by atoms with Crippen LogP contribution in [-0.2, 0) is 9.47 Å². The van der Waals surface area contributed by atoms with E-state index in [1.807, 2.05) is 13.8 Å². The maximum atomic E-state index is 8.78. The van der Waals surface area contributed by atoms with Gasteiger partial charge in [0.2, 0.25) is 0 Å². The fraction of sp³-hybridized carbons (Fsp3) is 0.900. The van der Waals surface area contributed by atoms with Gasteiger partial charge < -0.3 is 9.47 Å². The lowest BCUT2D eigenvalue weighted by atomic mass is 10.1. The minimum atomic E-state index is -0.417. The summed E-state index contributed by atoms with van der Waals surface area (Å²) in [5, 5.41) is 8.78. The summed E-state index contributed by atoms with van der Waals surface area (Å²) in [5.41, 5.74) is 0. The van der Waals surface area contributed by atoms with E-state index in [1.165, 1.54) is 0 Å². The summed E-state index contributed by atoms with van der Waals surface area (Å²) in [4.78, 5) is 0. The summed E-state index contributed by atoms with van der Waals surface area (Å²) in [7, 11) is 0. The largest absolute Gasteiger partial charge is 0.344 e. The van der Waals surface area contributed by atoms with Gasteiger partial charge in [-0.2, -0.15) is 5.26 Å². The van der Waals surface area contributed by atoms with E-state index in [1.54, 1.807) is 0 Å². The van der Waals surface area contributed by atoms with Gasteiger partial charge in [-0.05, 0) is 20.3 Å². The molecule has 1 aliphatic carbocycles. The first-order valence-corrected chi connectivity index (χ1v) is 4.90. The first kappa shape index (κ1) is 8.98. The van der Waals surface area contributed by atoms with Crippen molar-refractivity contribution in [2.45, 2.75) is 51.1 Å². The zero-order chi connectivity index (χ0) is 9.47. The lowest BCUT2D eigenvalue weighted by Crippen LogP contribution is -2.27. The number of nitriles is 1. The molecule has 3 heteroatoms. The van der Waals surface area contributed by atoms with Crippen LogP contribution in [0.3, 0.4) is 0 Å². The molecule has 0 bridgehead atoms. The van der Waals surface area contributed by atoms with E-state index in [2.05, 4.69) is 6.07 Å². The zero-order valence-electron chi connectivity index (χ0n) is 8.12. The molecule has 1 aliphatic heterocycles. The van der Waals surface area contributed by atoms with Crippen molar-refractivity contribution in [1.82, 2.24) is 0 Å². The monoisotopic (exact) mass is 181 g/mol. The van der Waals surface area contributed by atoms with E-state index in [0.717, 1.165) is 19.3 Å². The molecule has 0 aromatic carbocycles. The normalized spacial score (nSPS) is 42.4. The van der Waals surface area contributed by atoms with Gasteiger partial charge in [0, 0.05) is 12.8 Å². The van der Waals surface area contributed by atoms with Crippen molar-refractivity contribution in [2.75, 3.05) is 0 Å². The molecule has 1 saturated carbocycles. The zero-order valence-corrected chi connectivity index (χ0v) is 8.12. The molecular weight excluding hydrogens is 166 g/mol. The number of rotatable bonds is 0. The first-order valence-electron chi connectivity index (χ1n) is 4.90. The van der Waals surface area contributed by atoms with Crippen molar-refractivity contribution in [3.63, 3.8) is 0 Å². The highest BCUT2D eigenvalue weighted by molar-refractivity contribution is 4.97. The molecule has 0 radical (unpaired) electrons. The molecule has 3 atom stereocenters. The molecule has 1 saturated heterocycles. The maximum absolute atomic E-state index is 8.78. The standard InChI is InChI=1S/C10H15NO2/c1-7-8(2)13-10(12-7)4-3-9(5-10)6-11/h7-9H,3-5H2,1-2H3/t7-,8-,9-/m1/s1. The number of nitrogens with zero attached hydrogens (tertiary/aromatic N) is 1. The molecule has 13 heavy (non-hydrogen) atoms. The number of hydrogen-bond acceptors (Lipinski definition) is 3. The summed E-state index contributed by atoms with van der Waals surface area (Å²) in [5.74, 6) is -0.295. The Kier molecular flexibility index (Phi) is 2.05. The Bertz CT molecular complexity index is 236. The van der Waals surface area contributed by atoms with E-state index in [9.17, 15) is 0 Å². The van der Waals surface area contributed by atoms with Crippen LogP contribution in [-0.4, -0.2) is 18.0 Å². The maximum Gasteiger partial charge on any atom is 0.170 e. The molecule has 0 N–H and O–H groups in total. The van der Waals surface area contributed by atoms with Gasteiger partial charge in [-0.3, -0.25) is 0 Å². The van der Waals surface area contributed by atoms with Crippen LogP contribution in [0.4, 0.5) is 0 Å². The highest BCUT2D eigenvalue weighted by atomic mass is 16.8. The van der Waals surface area contributed by atoms with Gasteiger partial charge in [-0.15, -0.1) is 0 Å². The predicted octanol–water partition coefficient (Wildman–Crippen LogP) is 1.83. The summed E-state index contributed by atoms with van der Waals surface area (Å²) >= 11 is 0. The third-order valence-corrected chi connectivity index (χ3v) is 3.08. The Labute approximate surface area is 78.6 Å². The molecule has 3 nitrogen and oxygen atoms in total. The van der Waals surface area contributed by atoms with E-state index in [4.69, 9.17) is 14.7 Å².